The molecule has 86 valence electrons. The summed E-state index contributed by atoms with van der Waals surface area (Å²) in [7, 11) is 0. The van der Waals surface area contributed by atoms with Crippen LogP contribution >= 0.6 is 0 Å². The molecule has 1 aromatic rings. The van der Waals surface area contributed by atoms with Crippen LogP contribution in [0.15, 0.2) is 23.3 Å². The Balaban J connectivity index is 2.45. The highest BCUT2D eigenvalue weighted by atomic mass is 16.5. The zero-order chi connectivity index (χ0) is 12.0. The number of hydrogen-bond acceptors (Lipinski definition) is 4. The average molecular weight is 225 g/mol. The largest absolute Gasteiger partial charge is 0.448 e. The van der Waals surface area contributed by atoms with Crippen molar-refractivity contribution in [3.63, 3.8) is 0 Å². The van der Waals surface area contributed by atoms with E-state index in [1.165, 1.54) is 18.5 Å². The molecule has 0 bridgehead atoms. The van der Waals surface area contributed by atoms with Crippen molar-refractivity contribution >= 4 is 12.0 Å². The lowest BCUT2D eigenvalue weighted by Gasteiger charge is -2.04. The molecule has 1 heterocycles. The van der Waals surface area contributed by atoms with Crippen molar-refractivity contribution in [3.8, 4) is 0 Å². The number of ether oxygens (including phenoxy) is 1. The van der Waals surface area contributed by atoms with Crippen LogP contribution in [-0.2, 0) is 4.74 Å². The standard InChI is InChI=1S/C9H11N3O4/c10-9(15)16-4-3-12-8(14)6-5-11-2-1-7(6)13/h1-2,5H,3-4H2,(H2,10,15)(H,11,13)(H,12,14). The Morgan fingerprint density at radius 3 is 2.88 bits per heavy atom. The number of rotatable bonds is 4. The van der Waals surface area contributed by atoms with Gasteiger partial charge in [-0.2, -0.15) is 0 Å². The van der Waals surface area contributed by atoms with Gasteiger partial charge in [0.05, 0.1) is 6.54 Å². The van der Waals surface area contributed by atoms with Gasteiger partial charge in [-0.25, -0.2) is 4.79 Å². The van der Waals surface area contributed by atoms with Crippen LogP contribution in [0.25, 0.3) is 0 Å². The van der Waals surface area contributed by atoms with Crippen LogP contribution in [0.1, 0.15) is 10.4 Å². The molecule has 0 saturated carbocycles. The number of carbonyl (C=O) groups excluding carboxylic acids is 2. The lowest BCUT2D eigenvalue weighted by Crippen LogP contribution is -2.32. The van der Waals surface area contributed by atoms with Crippen molar-refractivity contribution in [1.82, 2.24) is 10.3 Å². The number of nitrogens with one attached hydrogen (secondary N) is 2. The number of aromatic nitrogens is 1. The highest BCUT2D eigenvalue weighted by Crippen LogP contribution is 1.87. The predicted molar refractivity (Wildman–Crippen MR) is 54.9 cm³/mol. The number of aromatic amines is 1. The quantitative estimate of drug-likeness (QED) is 0.582. The number of carbonyl (C=O) groups is 2. The molecule has 2 amide bonds. The summed E-state index contributed by atoms with van der Waals surface area (Å²) < 4.78 is 4.40. The summed E-state index contributed by atoms with van der Waals surface area (Å²) in [6.07, 6.45) is 1.81. The number of amides is 2. The highest BCUT2D eigenvalue weighted by Gasteiger charge is 2.08. The first-order chi connectivity index (χ1) is 7.61. The Hall–Kier alpha value is -2.31. The number of H-pyrrole nitrogens is 1. The van der Waals surface area contributed by atoms with E-state index in [9.17, 15) is 14.4 Å². The molecule has 0 aliphatic rings. The number of pyridine rings is 1. The maximum atomic E-state index is 11.4. The molecule has 1 aromatic heterocycles. The summed E-state index contributed by atoms with van der Waals surface area (Å²) in [6, 6.07) is 1.24. The molecular formula is C9H11N3O4. The minimum atomic E-state index is -0.910. The third-order valence-corrected chi connectivity index (χ3v) is 1.70. The first-order valence-corrected chi connectivity index (χ1v) is 4.49. The minimum absolute atomic E-state index is 0.00146. The first kappa shape index (κ1) is 11.8. The van der Waals surface area contributed by atoms with Crippen LogP contribution < -0.4 is 16.5 Å². The Bertz CT molecular complexity index is 440. The van der Waals surface area contributed by atoms with Crippen LogP contribution in [0.3, 0.4) is 0 Å². The summed E-state index contributed by atoms with van der Waals surface area (Å²) in [6.45, 7) is 0.0575. The van der Waals surface area contributed by atoms with Gasteiger partial charge in [0.2, 0.25) is 0 Å². The Morgan fingerprint density at radius 2 is 2.25 bits per heavy atom. The van der Waals surface area contributed by atoms with Crippen LogP contribution in [0.4, 0.5) is 4.79 Å². The fourth-order valence-corrected chi connectivity index (χ4v) is 1.01. The molecule has 0 radical (unpaired) electrons. The second kappa shape index (κ2) is 5.54. The molecule has 1 rings (SSSR count). The van der Waals surface area contributed by atoms with Gasteiger partial charge in [-0.1, -0.05) is 0 Å². The van der Waals surface area contributed by atoms with Gasteiger partial charge in [-0.15, -0.1) is 0 Å². The topological polar surface area (TPSA) is 114 Å². The molecule has 0 aromatic carbocycles. The van der Waals surface area contributed by atoms with Gasteiger partial charge >= 0.3 is 6.09 Å². The third kappa shape index (κ3) is 3.45. The normalized spacial score (nSPS) is 9.50. The highest BCUT2D eigenvalue weighted by molar-refractivity contribution is 5.93. The van der Waals surface area contributed by atoms with Gasteiger partial charge in [0.15, 0.2) is 5.43 Å². The van der Waals surface area contributed by atoms with Gasteiger partial charge in [0, 0.05) is 18.5 Å². The lowest BCUT2D eigenvalue weighted by molar-refractivity contribution is 0.0935. The second-order valence-corrected chi connectivity index (χ2v) is 2.85. The molecule has 7 nitrogen and oxygen atoms in total. The summed E-state index contributed by atoms with van der Waals surface area (Å²) in [5.41, 5.74) is 4.33. The molecule has 0 fully saturated rings. The van der Waals surface area contributed by atoms with Gasteiger partial charge in [0.1, 0.15) is 12.2 Å². The van der Waals surface area contributed by atoms with Crippen molar-refractivity contribution in [2.75, 3.05) is 13.2 Å². The van der Waals surface area contributed by atoms with Gasteiger partial charge in [0.25, 0.3) is 5.91 Å². The van der Waals surface area contributed by atoms with E-state index in [-0.39, 0.29) is 24.1 Å². The molecular weight excluding hydrogens is 214 g/mol. The minimum Gasteiger partial charge on any atom is -0.448 e. The predicted octanol–water partition coefficient (Wildman–Crippen LogP) is -0.800. The van der Waals surface area contributed by atoms with Crippen LogP contribution in [-0.4, -0.2) is 30.1 Å². The van der Waals surface area contributed by atoms with E-state index in [0.717, 1.165) is 0 Å². The van der Waals surface area contributed by atoms with E-state index in [2.05, 4.69) is 15.0 Å². The molecule has 0 spiro atoms. The Morgan fingerprint density at radius 1 is 1.50 bits per heavy atom. The Labute approximate surface area is 90.6 Å². The summed E-state index contributed by atoms with van der Waals surface area (Å²) >= 11 is 0. The fourth-order valence-electron chi connectivity index (χ4n) is 1.01. The molecule has 16 heavy (non-hydrogen) atoms. The van der Waals surface area contributed by atoms with Crippen molar-refractivity contribution in [2.24, 2.45) is 5.73 Å². The van der Waals surface area contributed by atoms with Crippen molar-refractivity contribution in [1.29, 1.82) is 0 Å². The van der Waals surface area contributed by atoms with Gasteiger partial charge < -0.3 is 20.8 Å². The molecule has 4 N–H and O–H groups in total. The molecule has 0 saturated heterocycles. The lowest BCUT2D eigenvalue weighted by atomic mass is 10.2. The van der Waals surface area contributed by atoms with E-state index < -0.39 is 12.0 Å². The first-order valence-electron chi connectivity index (χ1n) is 4.49. The zero-order valence-electron chi connectivity index (χ0n) is 8.36. The third-order valence-electron chi connectivity index (χ3n) is 1.70. The zero-order valence-corrected chi connectivity index (χ0v) is 8.36. The number of primary amides is 1. The van der Waals surface area contributed by atoms with Crippen molar-refractivity contribution in [2.45, 2.75) is 0 Å². The average Bonchev–Trinajstić information content (AvgIpc) is 2.24. The molecule has 0 unspecified atom stereocenters. The van der Waals surface area contributed by atoms with E-state index in [4.69, 9.17) is 5.73 Å². The number of nitrogens with two attached hydrogens (primary N) is 1. The van der Waals surface area contributed by atoms with Crippen LogP contribution in [0.2, 0.25) is 0 Å². The summed E-state index contributed by atoms with van der Waals surface area (Å²) in [5.74, 6) is -0.532. The van der Waals surface area contributed by atoms with Crippen LogP contribution in [0.5, 0.6) is 0 Å². The molecule has 0 atom stereocenters. The van der Waals surface area contributed by atoms with Gasteiger partial charge in [-0.05, 0) is 0 Å². The maximum absolute atomic E-state index is 11.4. The maximum Gasteiger partial charge on any atom is 0.404 e. The smallest absolute Gasteiger partial charge is 0.404 e. The summed E-state index contributed by atoms with van der Waals surface area (Å²) in [5, 5.41) is 2.40. The van der Waals surface area contributed by atoms with E-state index in [1.807, 2.05) is 0 Å². The van der Waals surface area contributed by atoms with E-state index in [0.29, 0.717) is 0 Å². The Kier molecular flexibility index (Phi) is 4.07. The monoisotopic (exact) mass is 225 g/mol. The van der Waals surface area contributed by atoms with Crippen molar-refractivity contribution in [3.05, 3.63) is 34.2 Å². The van der Waals surface area contributed by atoms with E-state index in [1.54, 1.807) is 0 Å². The van der Waals surface area contributed by atoms with Crippen molar-refractivity contribution < 1.29 is 14.3 Å². The van der Waals surface area contributed by atoms with E-state index >= 15 is 0 Å². The molecule has 0 aliphatic carbocycles. The van der Waals surface area contributed by atoms with Gasteiger partial charge in [-0.3, -0.25) is 9.59 Å². The van der Waals surface area contributed by atoms with Crippen LogP contribution in [0, 0.1) is 0 Å². The second-order valence-electron chi connectivity index (χ2n) is 2.85. The fraction of sp³-hybridized carbons (Fsp3) is 0.222. The molecule has 7 heteroatoms. The summed E-state index contributed by atoms with van der Waals surface area (Å²) in [4.78, 5) is 35.4. The molecule has 0 aliphatic heterocycles. The number of hydrogen-bond donors (Lipinski definition) is 3. The SMILES string of the molecule is NC(=O)OCCNC(=O)c1c[nH]ccc1=O.